The monoisotopic (exact) mass is 230 g/mol. The number of carbonyl (C=O) groups excluding carboxylic acids is 1. The molecule has 1 aromatic heterocycles. The van der Waals surface area contributed by atoms with Gasteiger partial charge in [0.15, 0.2) is 0 Å². The Morgan fingerprint density at radius 2 is 1.94 bits per heavy atom. The maximum Gasteiger partial charge on any atom is 0.302 e. The second-order valence-corrected chi connectivity index (χ2v) is 3.93. The van der Waals surface area contributed by atoms with Crippen molar-refractivity contribution in [3.63, 3.8) is 0 Å². The largest absolute Gasteiger partial charge is 0.428 e. The van der Waals surface area contributed by atoms with Gasteiger partial charge in [-0.15, -0.1) is 0 Å². The third-order valence-electron chi connectivity index (χ3n) is 2.64. The first kappa shape index (κ1) is 11.4. The van der Waals surface area contributed by atoms with Gasteiger partial charge in [-0.1, -0.05) is 18.2 Å². The van der Waals surface area contributed by atoms with E-state index in [9.17, 15) is 4.79 Å². The lowest BCUT2D eigenvalue weighted by atomic mass is 10.1. The number of nitrogens with one attached hydrogen (secondary N) is 1. The minimum Gasteiger partial charge on any atom is -0.428 e. The van der Waals surface area contributed by atoms with Crippen LogP contribution in [-0.2, 0) is 0 Å². The van der Waals surface area contributed by atoms with Gasteiger partial charge in [0.05, 0.1) is 5.69 Å². The third-order valence-corrected chi connectivity index (χ3v) is 2.64. The van der Waals surface area contributed by atoms with Crippen LogP contribution in [0.5, 0.6) is 0 Å². The van der Waals surface area contributed by atoms with Gasteiger partial charge < -0.3 is 4.42 Å². The van der Waals surface area contributed by atoms with Crippen molar-refractivity contribution in [3.05, 3.63) is 46.8 Å². The fraction of sp³-hybridized carbons (Fsp3) is 0.231. The molecular weight excluding hydrogens is 216 g/mol. The molecule has 0 saturated carbocycles. The quantitative estimate of drug-likeness (QED) is 0.863. The molecule has 2 rings (SSSR count). The fourth-order valence-electron chi connectivity index (χ4n) is 1.52. The van der Waals surface area contributed by atoms with Crippen LogP contribution in [0.25, 0.3) is 0 Å². The summed E-state index contributed by atoms with van der Waals surface area (Å²) in [6.07, 6.45) is 0. The highest BCUT2D eigenvalue weighted by molar-refractivity contribution is 6.04. The minimum atomic E-state index is -0.204. The predicted octanol–water partition coefficient (Wildman–Crippen LogP) is 2.85. The van der Waals surface area contributed by atoms with Crippen molar-refractivity contribution in [1.29, 1.82) is 0 Å². The van der Waals surface area contributed by atoms with Crippen LogP contribution < -0.4 is 5.32 Å². The molecule has 4 heteroatoms. The molecule has 4 nitrogen and oxygen atoms in total. The Balaban J connectivity index is 2.20. The van der Waals surface area contributed by atoms with Gasteiger partial charge in [-0.25, -0.2) is 0 Å². The number of rotatable bonds is 2. The lowest BCUT2D eigenvalue weighted by molar-refractivity contribution is 0.102. The number of benzene rings is 1. The highest BCUT2D eigenvalue weighted by Gasteiger charge is 2.12. The number of nitrogens with zero attached hydrogens (tertiary/aromatic N) is 1. The van der Waals surface area contributed by atoms with E-state index in [1.165, 1.54) is 0 Å². The number of aryl methyl sites for hydroxylation is 3. The summed E-state index contributed by atoms with van der Waals surface area (Å²) in [7, 11) is 0. The van der Waals surface area contributed by atoms with E-state index < -0.39 is 0 Å². The van der Waals surface area contributed by atoms with Gasteiger partial charge in [0, 0.05) is 5.56 Å². The lowest BCUT2D eigenvalue weighted by Gasteiger charge is -2.03. The first-order valence-corrected chi connectivity index (χ1v) is 5.39. The van der Waals surface area contributed by atoms with Crippen molar-refractivity contribution in [2.45, 2.75) is 20.8 Å². The van der Waals surface area contributed by atoms with Crippen molar-refractivity contribution in [3.8, 4) is 0 Å². The van der Waals surface area contributed by atoms with Crippen LogP contribution >= 0.6 is 0 Å². The summed E-state index contributed by atoms with van der Waals surface area (Å²) < 4.78 is 5.30. The standard InChI is InChI=1S/C13H14N2O2/c1-8-6-4-5-7-11(8)12(16)15-13-14-9(2)10(3)17-13/h4-7H,1-3H3,(H,14,15,16). The molecule has 1 heterocycles. The van der Waals surface area contributed by atoms with Crippen LogP contribution in [0.2, 0.25) is 0 Å². The van der Waals surface area contributed by atoms with Crippen LogP contribution in [0, 0.1) is 20.8 Å². The van der Waals surface area contributed by atoms with E-state index in [0.717, 1.165) is 11.3 Å². The van der Waals surface area contributed by atoms with E-state index in [1.54, 1.807) is 6.07 Å². The van der Waals surface area contributed by atoms with Crippen LogP contribution in [0.1, 0.15) is 27.4 Å². The summed E-state index contributed by atoms with van der Waals surface area (Å²) in [5, 5.41) is 2.64. The highest BCUT2D eigenvalue weighted by Crippen LogP contribution is 2.15. The Hall–Kier alpha value is -2.10. The lowest BCUT2D eigenvalue weighted by Crippen LogP contribution is -2.13. The van der Waals surface area contributed by atoms with Gasteiger partial charge >= 0.3 is 6.01 Å². The molecule has 0 fully saturated rings. The average molecular weight is 230 g/mol. The Morgan fingerprint density at radius 3 is 2.53 bits per heavy atom. The molecule has 17 heavy (non-hydrogen) atoms. The normalized spacial score (nSPS) is 10.3. The van der Waals surface area contributed by atoms with Gasteiger partial charge in [-0.3, -0.25) is 10.1 Å². The zero-order valence-electron chi connectivity index (χ0n) is 10.1. The van der Waals surface area contributed by atoms with Crippen molar-refractivity contribution >= 4 is 11.9 Å². The van der Waals surface area contributed by atoms with Crippen LogP contribution in [0.3, 0.4) is 0 Å². The summed E-state index contributed by atoms with van der Waals surface area (Å²) in [6.45, 7) is 5.54. The van der Waals surface area contributed by atoms with Gasteiger partial charge in [0.25, 0.3) is 5.91 Å². The first-order chi connectivity index (χ1) is 8.08. The van der Waals surface area contributed by atoms with E-state index in [4.69, 9.17) is 4.42 Å². The van der Waals surface area contributed by atoms with Gasteiger partial charge in [-0.05, 0) is 32.4 Å². The molecule has 0 atom stereocenters. The summed E-state index contributed by atoms with van der Waals surface area (Å²) >= 11 is 0. The van der Waals surface area contributed by atoms with Crippen LogP contribution in [0.15, 0.2) is 28.7 Å². The van der Waals surface area contributed by atoms with Gasteiger partial charge in [0.1, 0.15) is 5.76 Å². The third kappa shape index (κ3) is 2.36. The van der Waals surface area contributed by atoms with Crippen LogP contribution in [0.4, 0.5) is 6.01 Å². The molecule has 0 radical (unpaired) electrons. The molecule has 88 valence electrons. The number of anilines is 1. The molecule has 1 amide bonds. The second kappa shape index (κ2) is 4.41. The molecule has 2 aromatic rings. The molecule has 0 aliphatic carbocycles. The first-order valence-electron chi connectivity index (χ1n) is 5.39. The number of oxazole rings is 1. The number of amides is 1. The van der Waals surface area contributed by atoms with E-state index in [-0.39, 0.29) is 11.9 Å². The zero-order chi connectivity index (χ0) is 12.4. The van der Waals surface area contributed by atoms with Crippen molar-refractivity contribution in [1.82, 2.24) is 4.98 Å². The van der Waals surface area contributed by atoms with Gasteiger partial charge in [0.2, 0.25) is 0 Å². The number of hydrogen-bond donors (Lipinski definition) is 1. The Bertz CT molecular complexity index is 539. The Labute approximate surface area is 99.7 Å². The number of hydrogen-bond acceptors (Lipinski definition) is 3. The topological polar surface area (TPSA) is 55.1 Å². The molecule has 0 aliphatic rings. The van der Waals surface area contributed by atoms with E-state index in [1.807, 2.05) is 39.0 Å². The zero-order valence-corrected chi connectivity index (χ0v) is 10.1. The molecule has 0 bridgehead atoms. The Morgan fingerprint density at radius 1 is 1.24 bits per heavy atom. The van der Waals surface area contributed by atoms with Gasteiger partial charge in [-0.2, -0.15) is 4.98 Å². The van der Waals surface area contributed by atoms with Crippen molar-refractivity contribution in [2.75, 3.05) is 5.32 Å². The van der Waals surface area contributed by atoms with Crippen molar-refractivity contribution < 1.29 is 9.21 Å². The maximum absolute atomic E-state index is 11.9. The number of aromatic nitrogens is 1. The summed E-state index contributed by atoms with van der Waals surface area (Å²) in [5.41, 5.74) is 2.33. The summed E-state index contributed by atoms with van der Waals surface area (Å²) in [4.78, 5) is 16.1. The van der Waals surface area contributed by atoms with Crippen molar-refractivity contribution in [2.24, 2.45) is 0 Å². The minimum absolute atomic E-state index is 0.204. The summed E-state index contributed by atoms with van der Waals surface area (Å²) in [5.74, 6) is 0.509. The molecule has 1 aromatic carbocycles. The molecule has 0 saturated heterocycles. The van der Waals surface area contributed by atoms with E-state index in [2.05, 4.69) is 10.3 Å². The van der Waals surface area contributed by atoms with E-state index >= 15 is 0 Å². The maximum atomic E-state index is 11.9. The SMILES string of the molecule is Cc1ccccc1C(=O)Nc1nc(C)c(C)o1. The highest BCUT2D eigenvalue weighted by atomic mass is 16.4. The predicted molar refractivity (Wildman–Crippen MR) is 65.1 cm³/mol. The molecule has 0 aliphatic heterocycles. The second-order valence-electron chi connectivity index (χ2n) is 3.93. The Kier molecular flexibility index (Phi) is 2.95. The molecule has 0 spiro atoms. The van der Waals surface area contributed by atoms with E-state index in [0.29, 0.717) is 11.3 Å². The fourth-order valence-corrected chi connectivity index (χ4v) is 1.52. The van der Waals surface area contributed by atoms with Crippen LogP contribution in [-0.4, -0.2) is 10.9 Å². The average Bonchev–Trinajstić information content (AvgIpc) is 2.58. The number of carbonyl (C=O) groups is 1. The smallest absolute Gasteiger partial charge is 0.302 e. The molecular formula is C13H14N2O2. The molecule has 0 unspecified atom stereocenters. The summed E-state index contributed by atoms with van der Waals surface area (Å²) in [6, 6.07) is 7.63. The molecule has 1 N–H and O–H groups in total.